The van der Waals surface area contributed by atoms with Crippen LogP contribution in [-0.4, -0.2) is 41.0 Å². The van der Waals surface area contributed by atoms with E-state index < -0.39 is 5.76 Å². The number of nitrogens with one attached hydrogen (secondary N) is 2. The van der Waals surface area contributed by atoms with E-state index in [4.69, 9.17) is 14.6 Å². The summed E-state index contributed by atoms with van der Waals surface area (Å²) in [6.45, 7) is 0.453. The molecule has 6 heteroatoms. The Bertz CT molecular complexity index is 556. The van der Waals surface area contributed by atoms with Crippen molar-refractivity contribution in [1.82, 2.24) is 10.3 Å². The number of benzene rings is 1. The van der Waals surface area contributed by atoms with Gasteiger partial charge >= 0.3 is 5.76 Å². The van der Waals surface area contributed by atoms with Crippen molar-refractivity contribution in [2.45, 2.75) is 12.5 Å². The van der Waals surface area contributed by atoms with E-state index >= 15 is 0 Å². The number of aromatic nitrogens is 1. The molecule has 98 valence electrons. The lowest BCUT2D eigenvalue weighted by Crippen LogP contribution is -2.36. The second-order valence-corrected chi connectivity index (χ2v) is 4.11. The van der Waals surface area contributed by atoms with Crippen LogP contribution < -0.4 is 11.1 Å². The maximum Gasteiger partial charge on any atom is 0.417 e. The smallest absolute Gasteiger partial charge is 0.408 e. The summed E-state index contributed by atoms with van der Waals surface area (Å²) in [5.74, 6) is -0.457. The summed E-state index contributed by atoms with van der Waals surface area (Å²) in [7, 11) is 0. The van der Waals surface area contributed by atoms with E-state index in [9.17, 15) is 4.79 Å². The normalized spacial score (nSPS) is 11.5. The number of aromatic amines is 1. The largest absolute Gasteiger partial charge is 0.417 e. The van der Waals surface area contributed by atoms with Crippen molar-refractivity contribution >= 4 is 11.1 Å². The minimum atomic E-state index is -0.457. The first-order chi connectivity index (χ1) is 8.72. The molecule has 0 bridgehead atoms. The molecule has 4 N–H and O–H groups in total. The average molecular weight is 252 g/mol. The van der Waals surface area contributed by atoms with E-state index in [1.54, 1.807) is 6.07 Å². The third kappa shape index (κ3) is 2.98. The minimum Gasteiger partial charge on any atom is -0.408 e. The predicted octanol–water partition coefficient (Wildman–Crippen LogP) is -0.394. The van der Waals surface area contributed by atoms with Gasteiger partial charge in [-0.3, -0.25) is 4.98 Å². The van der Waals surface area contributed by atoms with Gasteiger partial charge in [0.2, 0.25) is 0 Å². The molecule has 1 aromatic carbocycles. The first-order valence-corrected chi connectivity index (χ1v) is 5.80. The van der Waals surface area contributed by atoms with E-state index in [1.165, 1.54) is 0 Å². The van der Waals surface area contributed by atoms with Crippen LogP contribution >= 0.6 is 0 Å². The van der Waals surface area contributed by atoms with Gasteiger partial charge in [-0.15, -0.1) is 0 Å². The van der Waals surface area contributed by atoms with Crippen molar-refractivity contribution in [3.8, 4) is 0 Å². The number of aliphatic hydroxyl groups excluding tert-OH is 2. The van der Waals surface area contributed by atoms with Crippen LogP contribution in [0.5, 0.6) is 0 Å². The van der Waals surface area contributed by atoms with Crippen molar-refractivity contribution in [1.29, 1.82) is 0 Å². The van der Waals surface area contributed by atoms with Gasteiger partial charge in [0.25, 0.3) is 0 Å². The molecule has 2 rings (SSSR count). The monoisotopic (exact) mass is 252 g/mol. The van der Waals surface area contributed by atoms with Crippen LogP contribution in [0.3, 0.4) is 0 Å². The molecule has 6 nitrogen and oxygen atoms in total. The Labute approximate surface area is 103 Å². The van der Waals surface area contributed by atoms with Gasteiger partial charge in [0, 0.05) is 0 Å². The summed E-state index contributed by atoms with van der Waals surface area (Å²) in [4.78, 5) is 13.6. The Morgan fingerprint density at radius 2 is 2.11 bits per heavy atom. The predicted molar refractivity (Wildman–Crippen MR) is 66.5 cm³/mol. The van der Waals surface area contributed by atoms with Crippen molar-refractivity contribution in [2.24, 2.45) is 0 Å². The molecular formula is C12H16N2O4. The van der Waals surface area contributed by atoms with E-state index in [-0.39, 0.29) is 19.3 Å². The molecule has 0 aliphatic carbocycles. The van der Waals surface area contributed by atoms with Gasteiger partial charge in [0.05, 0.1) is 24.8 Å². The quantitative estimate of drug-likeness (QED) is 0.561. The summed E-state index contributed by atoms with van der Waals surface area (Å²) < 4.78 is 4.91. The molecule has 0 saturated carbocycles. The number of aliphatic hydroxyl groups is 2. The Hall–Kier alpha value is -1.63. The number of fused-ring (bicyclic) bond motifs is 1. The fourth-order valence-electron chi connectivity index (χ4n) is 1.76. The summed E-state index contributed by atoms with van der Waals surface area (Å²) in [5, 5.41) is 20.8. The Kier molecular flexibility index (Phi) is 4.14. The molecule has 0 spiro atoms. The molecule has 0 atom stereocenters. The lowest BCUT2D eigenvalue weighted by molar-refractivity contribution is 0.171. The van der Waals surface area contributed by atoms with Gasteiger partial charge in [0.1, 0.15) is 0 Å². The molecule has 0 aliphatic heterocycles. The van der Waals surface area contributed by atoms with E-state index in [0.29, 0.717) is 17.6 Å². The van der Waals surface area contributed by atoms with Gasteiger partial charge in [-0.2, -0.15) is 0 Å². The molecule has 0 radical (unpaired) electrons. The average Bonchev–Trinajstić information content (AvgIpc) is 2.74. The Balaban J connectivity index is 1.97. The Morgan fingerprint density at radius 1 is 1.33 bits per heavy atom. The zero-order valence-electron chi connectivity index (χ0n) is 9.85. The van der Waals surface area contributed by atoms with Crippen LogP contribution in [0.4, 0.5) is 0 Å². The van der Waals surface area contributed by atoms with Crippen LogP contribution in [0, 0.1) is 0 Å². The van der Waals surface area contributed by atoms with Crippen molar-refractivity contribution in [3.05, 3.63) is 34.3 Å². The van der Waals surface area contributed by atoms with Gasteiger partial charge in [0.15, 0.2) is 5.58 Å². The van der Waals surface area contributed by atoms with Gasteiger partial charge in [-0.05, 0) is 30.7 Å². The highest BCUT2D eigenvalue weighted by Gasteiger charge is 2.05. The highest BCUT2D eigenvalue weighted by atomic mass is 16.4. The molecule has 0 saturated heterocycles. The first-order valence-electron chi connectivity index (χ1n) is 5.80. The van der Waals surface area contributed by atoms with Crippen LogP contribution in [0.15, 0.2) is 27.4 Å². The van der Waals surface area contributed by atoms with Gasteiger partial charge < -0.3 is 19.9 Å². The molecule has 2 aromatic rings. The first kappa shape index (κ1) is 12.8. The molecule has 0 unspecified atom stereocenters. The topological polar surface area (TPSA) is 98.5 Å². The minimum absolute atomic E-state index is 0.0927. The summed E-state index contributed by atoms with van der Waals surface area (Å²) in [6, 6.07) is 5.20. The maximum absolute atomic E-state index is 11.0. The molecule has 1 aromatic heterocycles. The highest BCUT2D eigenvalue weighted by Crippen LogP contribution is 2.12. The SMILES string of the molecule is O=c1[nH]c2cc(CCNC(CO)CO)ccc2o1. The molecule has 0 fully saturated rings. The number of rotatable bonds is 6. The molecule has 18 heavy (non-hydrogen) atoms. The molecule has 1 heterocycles. The van der Waals surface area contributed by atoms with Crippen molar-refractivity contribution in [2.75, 3.05) is 19.8 Å². The second-order valence-electron chi connectivity index (χ2n) is 4.11. The van der Waals surface area contributed by atoms with Crippen LogP contribution in [0.1, 0.15) is 5.56 Å². The lowest BCUT2D eigenvalue weighted by atomic mass is 10.1. The van der Waals surface area contributed by atoms with Crippen LogP contribution in [0.2, 0.25) is 0 Å². The van der Waals surface area contributed by atoms with E-state index in [2.05, 4.69) is 10.3 Å². The van der Waals surface area contributed by atoms with E-state index in [1.807, 2.05) is 12.1 Å². The second kappa shape index (κ2) is 5.81. The summed E-state index contributed by atoms with van der Waals surface area (Å²) in [5.41, 5.74) is 2.26. The maximum atomic E-state index is 11.0. The van der Waals surface area contributed by atoms with Crippen LogP contribution in [-0.2, 0) is 6.42 Å². The van der Waals surface area contributed by atoms with Crippen molar-refractivity contribution < 1.29 is 14.6 Å². The fourth-order valence-corrected chi connectivity index (χ4v) is 1.76. The third-order valence-corrected chi connectivity index (χ3v) is 2.77. The number of H-pyrrole nitrogens is 1. The zero-order valence-corrected chi connectivity index (χ0v) is 9.85. The lowest BCUT2D eigenvalue weighted by Gasteiger charge is -2.12. The number of hydrogen-bond acceptors (Lipinski definition) is 5. The van der Waals surface area contributed by atoms with Crippen molar-refractivity contribution in [3.63, 3.8) is 0 Å². The van der Waals surface area contributed by atoms with Gasteiger partial charge in [-0.25, -0.2) is 4.79 Å². The van der Waals surface area contributed by atoms with E-state index in [0.717, 1.165) is 12.0 Å². The zero-order chi connectivity index (χ0) is 13.0. The number of hydrogen-bond donors (Lipinski definition) is 4. The fraction of sp³-hybridized carbons (Fsp3) is 0.417. The summed E-state index contributed by atoms with van der Waals surface area (Å²) in [6.07, 6.45) is 0.736. The summed E-state index contributed by atoms with van der Waals surface area (Å²) >= 11 is 0. The van der Waals surface area contributed by atoms with Gasteiger partial charge in [-0.1, -0.05) is 6.07 Å². The number of oxazole rings is 1. The van der Waals surface area contributed by atoms with Crippen LogP contribution in [0.25, 0.3) is 11.1 Å². The third-order valence-electron chi connectivity index (χ3n) is 2.77. The molecule has 0 aliphatic rings. The highest BCUT2D eigenvalue weighted by molar-refractivity contribution is 5.72. The Morgan fingerprint density at radius 3 is 2.83 bits per heavy atom. The molecular weight excluding hydrogens is 236 g/mol. The standard InChI is InChI=1S/C12H16N2O4/c15-6-9(7-16)13-4-3-8-1-2-11-10(5-8)14-12(17)18-11/h1-2,5,9,13,15-16H,3-4,6-7H2,(H,14,17). The molecule has 0 amide bonds.